The molecule has 0 fully saturated rings. The van der Waals surface area contributed by atoms with E-state index in [0.717, 1.165) is 4.90 Å². The lowest BCUT2D eigenvalue weighted by molar-refractivity contribution is 0.0998. The molecule has 14 heavy (non-hydrogen) atoms. The Morgan fingerprint density at radius 3 is 2.86 bits per heavy atom. The fourth-order valence-corrected chi connectivity index (χ4v) is 1.81. The van der Waals surface area contributed by atoms with E-state index in [1.165, 1.54) is 0 Å². The van der Waals surface area contributed by atoms with Crippen molar-refractivity contribution < 1.29 is 4.79 Å². The Labute approximate surface area is 91.9 Å². The first kappa shape index (κ1) is 11.1. The molecule has 0 radical (unpaired) electrons. The Hall–Kier alpha value is -0.980. The molecule has 0 amide bonds. The lowest BCUT2D eigenvalue weighted by Gasteiger charge is -2.02. The van der Waals surface area contributed by atoms with E-state index in [0.29, 0.717) is 10.6 Å². The van der Waals surface area contributed by atoms with E-state index in [9.17, 15) is 4.79 Å². The zero-order chi connectivity index (χ0) is 10.6. The second kappa shape index (κ2) is 5.04. The van der Waals surface area contributed by atoms with Crippen LogP contribution in [0.4, 0.5) is 0 Å². The molecule has 0 aliphatic rings. The van der Waals surface area contributed by atoms with Crippen LogP contribution in [0.15, 0.2) is 23.1 Å². The van der Waals surface area contributed by atoms with E-state index in [2.05, 4.69) is 0 Å². The summed E-state index contributed by atoms with van der Waals surface area (Å²) in [5.41, 5.74) is 0.422. The zero-order valence-electron chi connectivity index (χ0n) is 7.58. The van der Waals surface area contributed by atoms with Crippen LogP contribution in [0.3, 0.4) is 0 Å². The summed E-state index contributed by atoms with van der Waals surface area (Å²) in [7, 11) is 0. The van der Waals surface area contributed by atoms with Crippen LogP contribution in [0.5, 0.6) is 0 Å². The second-order valence-electron chi connectivity index (χ2n) is 2.60. The monoisotopic (exact) mass is 225 g/mol. The third-order valence-corrected chi connectivity index (χ3v) is 2.75. The number of thioether (sulfide) groups is 1. The molecule has 0 unspecified atom stereocenters. The maximum Gasteiger partial charge on any atom is 0.178 e. The second-order valence-corrected chi connectivity index (χ2v) is 3.89. The number of carbonyl (C=O) groups is 1. The maximum atomic E-state index is 11.4. The van der Waals surface area contributed by atoms with Gasteiger partial charge in [0.15, 0.2) is 5.78 Å². The molecule has 0 saturated carbocycles. The number of nitriles is 1. The Kier molecular flexibility index (Phi) is 3.99. The fourth-order valence-electron chi connectivity index (χ4n) is 1.02. The highest BCUT2D eigenvalue weighted by molar-refractivity contribution is 7.98. The Morgan fingerprint density at radius 1 is 1.64 bits per heavy atom. The number of carbonyl (C=O) groups excluding carboxylic acids is 1. The molecular formula is C10H8ClNOS. The first-order chi connectivity index (χ1) is 6.69. The summed E-state index contributed by atoms with van der Waals surface area (Å²) in [4.78, 5) is 12.4. The number of ketones is 1. The molecule has 0 aliphatic heterocycles. The van der Waals surface area contributed by atoms with Gasteiger partial charge in [-0.2, -0.15) is 5.26 Å². The molecule has 1 aromatic carbocycles. The standard InChI is InChI=1S/C10H8ClNOS/c1-14-7-2-3-8(9(11)6-7)10(13)4-5-12/h2-3,6H,4H2,1H3. The van der Waals surface area contributed by atoms with Crippen LogP contribution in [0.2, 0.25) is 5.02 Å². The average Bonchev–Trinajstić information content (AvgIpc) is 2.17. The highest BCUT2D eigenvalue weighted by atomic mass is 35.5. The van der Waals surface area contributed by atoms with Gasteiger partial charge in [-0.3, -0.25) is 4.79 Å². The van der Waals surface area contributed by atoms with E-state index in [-0.39, 0.29) is 12.2 Å². The van der Waals surface area contributed by atoms with Crippen LogP contribution < -0.4 is 0 Å². The fraction of sp³-hybridized carbons (Fsp3) is 0.200. The smallest absolute Gasteiger partial charge is 0.178 e. The van der Waals surface area contributed by atoms with Crippen molar-refractivity contribution in [1.29, 1.82) is 5.26 Å². The maximum absolute atomic E-state index is 11.4. The molecule has 0 atom stereocenters. The minimum absolute atomic E-state index is 0.127. The summed E-state index contributed by atoms with van der Waals surface area (Å²) in [6, 6.07) is 7.02. The molecule has 0 bridgehead atoms. The van der Waals surface area contributed by atoms with Crippen molar-refractivity contribution in [2.45, 2.75) is 11.3 Å². The van der Waals surface area contributed by atoms with Crippen molar-refractivity contribution in [3.8, 4) is 6.07 Å². The van der Waals surface area contributed by atoms with Gasteiger partial charge >= 0.3 is 0 Å². The number of halogens is 1. The summed E-state index contributed by atoms with van der Waals surface area (Å²) in [5, 5.41) is 8.79. The van der Waals surface area contributed by atoms with E-state index in [1.54, 1.807) is 23.9 Å². The average molecular weight is 226 g/mol. The highest BCUT2D eigenvalue weighted by Crippen LogP contribution is 2.24. The lowest BCUT2D eigenvalue weighted by Crippen LogP contribution is -1.98. The third-order valence-electron chi connectivity index (χ3n) is 1.72. The molecule has 1 rings (SSSR count). The van der Waals surface area contributed by atoms with Crippen molar-refractivity contribution in [1.82, 2.24) is 0 Å². The topological polar surface area (TPSA) is 40.9 Å². The van der Waals surface area contributed by atoms with Gasteiger partial charge in [-0.25, -0.2) is 0 Å². The summed E-state index contributed by atoms with van der Waals surface area (Å²) in [5.74, 6) is -0.231. The predicted molar refractivity (Wildman–Crippen MR) is 57.8 cm³/mol. The number of benzene rings is 1. The first-order valence-electron chi connectivity index (χ1n) is 3.92. The molecule has 72 valence electrons. The summed E-state index contributed by atoms with van der Waals surface area (Å²) < 4.78 is 0. The molecule has 0 aliphatic carbocycles. The van der Waals surface area contributed by atoms with Crippen molar-refractivity contribution in [2.75, 3.05) is 6.26 Å². The lowest BCUT2D eigenvalue weighted by atomic mass is 10.1. The minimum Gasteiger partial charge on any atom is -0.293 e. The molecule has 0 spiro atoms. The third kappa shape index (κ3) is 2.50. The molecule has 4 heteroatoms. The Balaban J connectivity index is 3.01. The predicted octanol–water partition coefficient (Wildman–Crippen LogP) is 3.16. The number of hydrogen-bond donors (Lipinski definition) is 0. The molecule has 0 N–H and O–H groups in total. The SMILES string of the molecule is CSc1ccc(C(=O)CC#N)c(Cl)c1. The van der Waals surface area contributed by atoms with Crippen LogP contribution in [-0.4, -0.2) is 12.0 Å². The first-order valence-corrected chi connectivity index (χ1v) is 5.53. The van der Waals surface area contributed by atoms with Gasteiger partial charge < -0.3 is 0 Å². The summed E-state index contributed by atoms with van der Waals surface area (Å²) >= 11 is 7.45. The number of nitrogens with zero attached hydrogens (tertiary/aromatic N) is 1. The minimum atomic E-state index is -0.231. The van der Waals surface area contributed by atoms with Crippen LogP contribution in [-0.2, 0) is 0 Å². The van der Waals surface area contributed by atoms with Gasteiger partial charge in [0.25, 0.3) is 0 Å². The summed E-state index contributed by atoms with van der Waals surface area (Å²) in [6.07, 6.45) is 1.81. The van der Waals surface area contributed by atoms with Crippen molar-refractivity contribution in [3.05, 3.63) is 28.8 Å². The Bertz CT molecular complexity index is 398. The highest BCUT2D eigenvalue weighted by Gasteiger charge is 2.09. The number of rotatable bonds is 3. The quantitative estimate of drug-likeness (QED) is 0.586. The molecule has 0 heterocycles. The van der Waals surface area contributed by atoms with Gasteiger partial charge in [0.1, 0.15) is 0 Å². The van der Waals surface area contributed by atoms with Gasteiger partial charge in [-0.15, -0.1) is 11.8 Å². The van der Waals surface area contributed by atoms with Gasteiger partial charge in [-0.05, 0) is 24.5 Å². The van der Waals surface area contributed by atoms with Crippen molar-refractivity contribution in [3.63, 3.8) is 0 Å². The summed E-state index contributed by atoms with van der Waals surface area (Å²) in [6.45, 7) is 0. The number of hydrogen-bond acceptors (Lipinski definition) is 3. The van der Waals surface area contributed by atoms with Gasteiger partial charge in [0, 0.05) is 10.5 Å². The Morgan fingerprint density at radius 2 is 2.36 bits per heavy atom. The largest absolute Gasteiger partial charge is 0.293 e. The van der Waals surface area contributed by atoms with Gasteiger partial charge in [0.05, 0.1) is 17.5 Å². The molecule has 2 nitrogen and oxygen atoms in total. The molecule has 0 saturated heterocycles. The van der Waals surface area contributed by atoms with Crippen molar-refractivity contribution in [2.24, 2.45) is 0 Å². The van der Waals surface area contributed by atoms with Gasteiger partial charge in [0.2, 0.25) is 0 Å². The van der Waals surface area contributed by atoms with Crippen molar-refractivity contribution >= 4 is 29.1 Å². The number of Topliss-reactive ketones (excluding diaryl/α,β-unsaturated/α-hetero) is 1. The normalized spacial score (nSPS) is 9.50. The molecular weight excluding hydrogens is 218 g/mol. The van der Waals surface area contributed by atoms with Crippen LogP contribution in [0.1, 0.15) is 16.8 Å². The van der Waals surface area contributed by atoms with E-state index in [4.69, 9.17) is 16.9 Å². The van der Waals surface area contributed by atoms with Crippen LogP contribution in [0.25, 0.3) is 0 Å². The zero-order valence-corrected chi connectivity index (χ0v) is 9.15. The van der Waals surface area contributed by atoms with Crippen LogP contribution >= 0.6 is 23.4 Å². The van der Waals surface area contributed by atoms with E-state index < -0.39 is 0 Å². The molecule has 0 aromatic heterocycles. The van der Waals surface area contributed by atoms with E-state index in [1.807, 2.05) is 18.4 Å². The van der Waals surface area contributed by atoms with E-state index >= 15 is 0 Å². The van der Waals surface area contributed by atoms with Gasteiger partial charge in [-0.1, -0.05) is 11.6 Å². The molecule has 1 aromatic rings. The van der Waals surface area contributed by atoms with Crippen LogP contribution in [0, 0.1) is 11.3 Å².